The van der Waals surface area contributed by atoms with E-state index < -0.39 is 6.41 Å². The molecule has 1 unspecified atom stereocenters. The van der Waals surface area contributed by atoms with Gasteiger partial charge in [0.05, 0.1) is 24.9 Å². The first-order chi connectivity index (χ1) is 18.5. The Bertz CT molecular complexity index is 1370. The zero-order valence-corrected chi connectivity index (χ0v) is 21.7. The summed E-state index contributed by atoms with van der Waals surface area (Å²) in [6.45, 7) is 0.831. The summed E-state index contributed by atoms with van der Waals surface area (Å²) in [5.41, 5.74) is 3.55. The molecule has 2 N–H and O–H groups in total. The molecule has 2 aromatic heterocycles. The van der Waals surface area contributed by atoms with Crippen LogP contribution in [0.5, 0.6) is 0 Å². The molecule has 0 bridgehead atoms. The maximum absolute atomic E-state index is 13.0. The average Bonchev–Trinajstić information content (AvgIpc) is 3.47. The fourth-order valence-electron chi connectivity index (χ4n) is 3.85. The fourth-order valence-corrected chi connectivity index (χ4v) is 3.85. The van der Waals surface area contributed by atoms with Gasteiger partial charge in [-0.25, -0.2) is 9.98 Å². The lowest BCUT2D eigenvalue weighted by molar-refractivity contribution is -0.128. The van der Waals surface area contributed by atoms with Crippen molar-refractivity contribution in [1.29, 1.82) is 0 Å². The van der Waals surface area contributed by atoms with Crippen molar-refractivity contribution in [3.63, 3.8) is 0 Å². The van der Waals surface area contributed by atoms with Gasteiger partial charge in [-0.05, 0) is 42.2 Å². The number of nitrogens with one attached hydrogen (secondary N) is 1. The molecule has 2 heterocycles. The van der Waals surface area contributed by atoms with Crippen LogP contribution in [0.1, 0.15) is 16.8 Å². The number of hydrogen-bond acceptors (Lipinski definition) is 7. The van der Waals surface area contributed by atoms with Crippen LogP contribution in [0.2, 0.25) is 0 Å². The average molecular weight is 516 g/mol. The number of aromatic nitrogens is 2. The molecular weight excluding hydrogens is 482 g/mol. The van der Waals surface area contributed by atoms with E-state index in [2.05, 4.69) is 27.4 Å². The van der Waals surface area contributed by atoms with Crippen LogP contribution in [-0.4, -0.2) is 53.0 Å². The Morgan fingerprint density at radius 2 is 1.89 bits per heavy atom. The van der Waals surface area contributed by atoms with Gasteiger partial charge in [0.1, 0.15) is 5.76 Å². The van der Waals surface area contributed by atoms with Gasteiger partial charge in [-0.1, -0.05) is 48.5 Å². The van der Waals surface area contributed by atoms with Crippen LogP contribution < -0.4 is 10.9 Å². The number of furan rings is 1. The molecule has 0 saturated carbocycles. The highest BCUT2D eigenvalue weighted by atomic mass is 16.6. The fraction of sp³-hybridized carbons (Fsp3) is 0.276. The lowest BCUT2D eigenvalue weighted by atomic mass is 10.0. The molecule has 0 spiro atoms. The monoisotopic (exact) mass is 515 g/mol. The Labute approximate surface area is 222 Å². The number of hydrogen-bond donors (Lipinski definition) is 2. The van der Waals surface area contributed by atoms with Gasteiger partial charge in [0.2, 0.25) is 12.4 Å². The molecule has 4 rings (SSSR count). The second-order valence-electron chi connectivity index (χ2n) is 9.03. The van der Waals surface area contributed by atoms with Gasteiger partial charge in [0, 0.05) is 38.8 Å². The van der Waals surface area contributed by atoms with E-state index in [1.54, 1.807) is 23.6 Å². The van der Waals surface area contributed by atoms with Gasteiger partial charge in [-0.15, -0.1) is 0 Å². The molecule has 0 aliphatic heterocycles. The van der Waals surface area contributed by atoms with Crippen LogP contribution in [0.4, 0.5) is 5.95 Å². The van der Waals surface area contributed by atoms with Gasteiger partial charge in [0.15, 0.2) is 0 Å². The molecule has 4 aromatic rings. The van der Waals surface area contributed by atoms with Crippen molar-refractivity contribution in [1.82, 2.24) is 19.8 Å². The van der Waals surface area contributed by atoms with E-state index in [-0.39, 0.29) is 18.7 Å². The second kappa shape index (κ2) is 13.5. The topological polar surface area (TPSA) is 105 Å². The minimum Gasteiger partial charge on any atom is -0.464 e. The maximum Gasteiger partial charge on any atom is 0.255 e. The van der Waals surface area contributed by atoms with Crippen molar-refractivity contribution in [2.45, 2.75) is 32.4 Å². The minimum atomic E-state index is -1.16. The molecule has 1 atom stereocenters. The Kier molecular flexibility index (Phi) is 9.58. The second-order valence-corrected chi connectivity index (χ2v) is 9.03. The number of ether oxygens (including phenoxy) is 1. The van der Waals surface area contributed by atoms with Crippen LogP contribution in [0.3, 0.4) is 0 Å². The summed E-state index contributed by atoms with van der Waals surface area (Å²) in [4.78, 5) is 23.9. The first-order valence-corrected chi connectivity index (χ1v) is 12.5. The van der Waals surface area contributed by atoms with Crippen molar-refractivity contribution in [2.24, 2.45) is 4.99 Å². The van der Waals surface area contributed by atoms with Crippen molar-refractivity contribution >= 4 is 12.3 Å². The van der Waals surface area contributed by atoms with Gasteiger partial charge in [-0.3, -0.25) is 14.7 Å². The first-order valence-electron chi connectivity index (χ1n) is 12.5. The van der Waals surface area contributed by atoms with Crippen molar-refractivity contribution in [3.05, 3.63) is 106 Å². The van der Waals surface area contributed by atoms with E-state index in [0.717, 1.165) is 22.5 Å². The number of rotatable bonds is 13. The lowest BCUT2D eigenvalue weighted by Crippen LogP contribution is -2.35. The largest absolute Gasteiger partial charge is 0.464 e. The van der Waals surface area contributed by atoms with Gasteiger partial charge >= 0.3 is 0 Å². The van der Waals surface area contributed by atoms with E-state index in [1.807, 2.05) is 68.7 Å². The van der Waals surface area contributed by atoms with Crippen molar-refractivity contribution in [3.8, 4) is 11.3 Å². The number of aryl methyl sites for hydroxylation is 2. The van der Waals surface area contributed by atoms with Crippen LogP contribution in [-0.2, 0) is 30.7 Å². The summed E-state index contributed by atoms with van der Waals surface area (Å²) < 4.78 is 12.4. The zero-order chi connectivity index (χ0) is 26.7. The van der Waals surface area contributed by atoms with E-state index in [0.29, 0.717) is 31.0 Å². The molecule has 38 heavy (non-hydrogen) atoms. The molecule has 0 amide bonds. The summed E-state index contributed by atoms with van der Waals surface area (Å²) in [5, 5.41) is 13.0. The summed E-state index contributed by atoms with van der Waals surface area (Å²) >= 11 is 0. The Balaban J connectivity index is 1.39. The van der Waals surface area contributed by atoms with Crippen LogP contribution >= 0.6 is 0 Å². The molecule has 0 radical (unpaired) electrons. The number of nitrogens with zero attached hydrogens (tertiary/aromatic N) is 4. The molecule has 2 aromatic carbocycles. The standard InChI is InChI=1S/C29H33N5O4/c1-33(2)21-31-28-32-25(14-13-22-10-6-11-24(18-22)26-12-7-17-37-26)19-27(35)34(28)16-15-30-29(36)38-20-23-8-4-3-5-9-23/h3-12,17-19,21,29-30,36H,13-16,20H2,1-2H3/b31-21+. The van der Waals surface area contributed by atoms with Crippen molar-refractivity contribution in [2.75, 3.05) is 20.6 Å². The van der Waals surface area contributed by atoms with Crippen molar-refractivity contribution < 1.29 is 14.3 Å². The van der Waals surface area contributed by atoms with Crippen LogP contribution in [0.15, 0.2) is 93.3 Å². The maximum atomic E-state index is 13.0. The SMILES string of the molecule is CN(C)/C=N/c1nc(CCc2cccc(-c3ccco3)c2)cc(=O)n1CCNC(O)OCc1ccccc1. The highest BCUT2D eigenvalue weighted by molar-refractivity contribution is 5.58. The summed E-state index contributed by atoms with van der Waals surface area (Å²) in [6, 6.07) is 23.1. The molecule has 0 fully saturated rings. The normalized spacial score (nSPS) is 12.2. The summed E-state index contributed by atoms with van der Waals surface area (Å²) in [5.74, 6) is 1.13. The highest BCUT2D eigenvalue weighted by Gasteiger charge is 2.11. The lowest BCUT2D eigenvalue weighted by Gasteiger charge is -2.15. The third-order valence-electron chi connectivity index (χ3n) is 5.75. The van der Waals surface area contributed by atoms with Crippen LogP contribution in [0.25, 0.3) is 11.3 Å². The quantitative estimate of drug-likeness (QED) is 0.159. The summed E-state index contributed by atoms with van der Waals surface area (Å²) in [7, 11) is 3.70. The Morgan fingerprint density at radius 1 is 1.08 bits per heavy atom. The van der Waals surface area contributed by atoms with E-state index in [4.69, 9.17) is 9.15 Å². The molecule has 198 valence electrons. The van der Waals surface area contributed by atoms with Gasteiger partial charge in [0.25, 0.3) is 5.56 Å². The predicted molar refractivity (Wildman–Crippen MR) is 147 cm³/mol. The summed E-state index contributed by atoms with van der Waals surface area (Å²) in [6.07, 6.45) is 3.41. The molecule has 0 saturated heterocycles. The minimum absolute atomic E-state index is 0.202. The van der Waals surface area contributed by atoms with Crippen LogP contribution in [0, 0.1) is 0 Å². The smallest absolute Gasteiger partial charge is 0.255 e. The van der Waals surface area contributed by atoms with Gasteiger partial charge < -0.3 is 19.2 Å². The number of benzene rings is 2. The molecular formula is C29H33N5O4. The van der Waals surface area contributed by atoms with Gasteiger partial charge in [-0.2, -0.15) is 0 Å². The molecule has 0 aliphatic carbocycles. The predicted octanol–water partition coefficient (Wildman–Crippen LogP) is 3.59. The first kappa shape index (κ1) is 27.0. The Morgan fingerprint density at radius 3 is 2.66 bits per heavy atom. The Hall–Kier alpha value is -4.05. The van der Waals surface area contributed by atoms with E-state index >= 15 is 0 Å². The zero-order valence-electron chi connectivity index (χ0n) is 21.7. The van der Waals surface area contributed by atoms with E-state index in [1.165, 1.54) is 4.57 Å². The third-order valence-corrected chi connectivity index (χ3v) is 5.75. The highest BCUT2D eigenvalue weighted by Crippen LogP contribution is 2.21. The van der Waals surface area contributed by atoms with E-state index in [9.17, 15) is 9.90 Å². The third kappa shape index (κ3) is 7.97. The molecule has 0 aliphatic rings. The molecule has 9 nitrogen and oxygen atoms in total. The number of aliphatic imine (C=N–C) groups is 1. The number of aliphatic hydroxyl groups is 1. The molecule has 9 heteroatoms. The number of aliphatic hydroxyl groups excluding tert-OH is 1.